The van der Waals surface area contributed by atoms with Crippen LogP contribution in [0.15, 0.2) is 12.3 Å². The lowest BCUT2D eigenvalue weighted by atomic mass is 10.1. The number of nitriles is 1. The summed E-state index contributed by atoms with van der Waals surface area (Å²) in [5, 5.41) is 35.2. The van der Waals surface area contributed by atoms with Gasteiger partial charge in [0.1, 0.15) is 6.10 Å². The van der Waals surface area contributed by atoms with Gasteiger partial charge in [0.25, 0.3) is 0 Å². The standard InChI is InChI=1S/C9H7FN2O4/c10-5-3-12-6(1-4(5)9(15)16)8(14)7(13)2-11/h1,3,7-8,13-14H,(H,15,16). The average Bonchev–Trinajstić information content (AvgIpc) is 2.27. The normalized spacial score (nSPS) is 13.9. The maximum Gasteiger partial charge on any atom is 0.338 e. The zero-order valence-corrected chi connectivity index (χ0v) is 7.83. The van der Waals surface area contributed by atoms with Crippen molar-refractivity contribution in [2.24, 2.45) is 0 Å². The van der Waals surface area contributed by atoms with E-state index < -0.39 is 29.6 Å². The van der Waals surface area contributed by atoms with E-state index in [1.807, 2.05) is 0 Å². The van der Waals surface area contributed by atoms with Gasteiger partial charge >= 0.3 is 5.97 Å². The molecule has 0 radical (unpaired) electrons. The third kappa shape index (κ3) is 2.31. The van der Waals surface area contributed by atoms with E-state index in [1.165, 1.54) is 6.07 Å². The summed E-state index contributed by atoms with van der Waals surface area (Å²) in [4.78, 5) is 13.9. The fourth-order valence-electron chi connectivity index (χ4n) is 1.01. The number of aromatic carboxylic acids is 1. The predicted molar refractivity (Wildman–Crippen MR) is 47.7 cm³/mol. The van der Waals surface area contributed by atoms with Gasteiger partial charge in [-0.2, -0.15) is 5.26 Å². The summed E-state index contributed by atoms with van der Waals surface area (Å²) in [7, 11) is 0. The van der Waals surface area contributed by atoms with Crippen LogP contribution in [0.2, 0.25) is 0 Å². The lowest BCUT2D eigenvalue weighted by Crippen LogP contribution is -2.18. The molecule has 0 aliphatic rings. The van der Waals surface area contributed by atoms with Crippen molar-refractivity contribution < 1.29 is 24.5 Å². The maximum atomic E-state index is 12.9. The summed E-state index contributed by atoms with van der Waals surface area (Å²) in [6.07, 6.45) is -2.82. The van der Waals surface area contributed by atoms with Crippen molar-refractivity contribution in [3.05, 3.63) is 29.3 Å². The number of aromatic nitrogens is 1. The van der Waals surface area contributed by atoms with E-state index in [0.717, 1.165) is 6.07 Å². The second-order valence-electron chi connectivity index (χ2n) is 2.91. The number of hydrogen-bond acceptors (Lipinski definition) is 5. The number of halogens is 1. The van der Waals surface area contributed by atoms with E-state index in [2.05, 4.69) is 4.98 Å². The second kappa shape index (κ2) is 4.65. The number of carboxylic acids is 1. The topological polar surface area (TPSA) is 114 Å². The first-order chi connectivity index (χ1) is 7.47. The van der Waals surface area contributed by atoms with E-state index >= 15 is 0 Å². The Kier molecular flexibility index (Phi) is 3.50. The van der Waals surface area contributed by atoms with Crippen molar-refractivity contribution in [3.8, 4) is 6.07 Å². The molecule has 2 atom stereocenters. The Morgan fingerprint density at radius 1 is 1.56 bits per heavy atom. The quantitative estimate of drug-likeness (QED) is 0.617. The van der Waals surface area contributed by atoms with E-state index in [-0.39, 0.29) is 5.69 Å². The molecule has 0 saturated carbocycles. The van der Waals surface area contributed by atoms with E-state index in [9.17, 15) is 14.3 Å². The molecule has 0 amide bonds. The fraction of sp³-hybridized carbons (Fsp3) is 0.222. The van der Waals surface area contributed by atoms with Crippen LogP contribution in [-0.2, 0) is 0 Å². The van der Waals surface area contributed by atoms with Crippen molar-refractivity contribution in [1.82, 2.24) is 4.98 Å². The molecule has 0 aliphatic heterocycles. The number of hydrogen-bond donors (Lipinski definition) is 3. The van der Waals surface area contributed by atoms with E-state index in [1.54, 1.807) is 0 Å². The van der Waals surface area contributed by atoms with Crippen LogP contribution in [0, 0.1) is 17.1 Å². The molecule has 6 nitrogen and oxygen atoms in total. The van der Waals surface area contributed by atoms with Gasteiger partial charge < -0.3 is 15.3 Å². The van der Waals surface area contributed by atoms with Crippen LogP contribution < -0.4 is 0 Å². The van der Waals surface area contributed by atoms with Crippen LogP contribution in [0.25, 0.3) is 0 Å². The summed E-state index contributed by atoms with van der Waals surface area (Å²) in [5.74, 6) is -2.59. The summed E-state index contributed by atoms with van der Waals surface area (Å²) in [5.41, 5.74) is -0.970. The number of nitrogens with zero attached hydrogens (tertiary/aromatic N) is 2. The molecule has 3 N–H and O–H groups in total. The third-order valence-electron chi connectivity index (χ3n) is 1.84. The summed E-state index contributed by atoms with van der Waals surface area (Å²) < 4.78 is 12.9. The summed E-state index contributed by atoms with van der Waals surface area (Å²) in [6, 6.07) is 2.12. The zero-order valence-electron chi connectivity index (χ0n) is 7.83. The molecule has 1 heterocycles. The number of aliphatic hydroxyl groups excluding tert-OH is 2. The molecule has 1 aromatic rings. The van der Waals surface area contributed by atoms with Crippen molar-refractivity contribution in [3.63, 3.8) is 0 Å². The molecule has 2 unspecified atom stereocenters. The molecule has 0 aliphatic carbocycles. The lowest BCUT2D eigenvalue weighted by Gasteiger charge is -2.11. The fourth-order valence-corrected chi connectivity index (χ4v) is 1.01. The molecule has 0 saturated heterocycles. The van der Waals surface area contributed by atoms with Gasteiger partial charge in [-0.25, -0.2) is 9.18 Å². The first-order valence-corrected chi connectivity index (χ1v) is 4.12. The van der Waals surface area contributed by atoms with Gasteiger partial charge in [0.15, 0.2) is 11.9 Å². The first kappa shape index (κ1) is 12.0. The van der Waals surface area contributed by atoms with E-state index in [0.29, 0.717) is 6.20 Å². The predicted octanol–water partition coefficient (Wildman–Crippen LogP) is -0.163. The van der Waals surface area contributed by atoms with Crippen LogP contribution >= 0.6 is 0 Å². The van der Waals surface area contributed by atoms with Crippen molar-refractivity contribution in [1.29, 1.82) is 5.26 Å². The monoisotopic (exact) mass is 226 g/mol. The minimum absolute atomic E-state index is 0.284. The Hall–Kier alpha value is -2.04. The molecular weight excluding hydrogens is 219 g/mol. The van der Waals surface area contributed by atoms with Gasteiger partial charge in [0.05, 0.1) is 23.5 Å². The Morgan fingerprint density at radius 2 is 2.19 bits per heavy atom. The number of rotatable bonds is 3. The van der Waals surface area contributed by atoms with Gasteiger partial charge in [-0.3, -0.25) is 4.98 Å². The largest absolute Gasteiger partial charge is 0.478 e. The van der Waals surface area contributed by atoms with Gasteiger partial charge in [0, 0.05) is 0 Å². The smallest absolute Gasteiger partial charge is 0.338 e. The molecule has 1 rings (SSSR count). The van der Waals surface area contributed by atoms with Crippen molar-refractivity contribution >= 4 is 5.97 Å². The first-order valence-electron chi connectivity index (χ1n) is 4.12. The summed E-state index contributed by atoms with van der Waals surface area (Å²) in [6.45, 7) is 0. The summed E-state index contributed by atoms with van der Waals surface area (Å²) >= 11 is 0. The Balaban J connectivity index is 3.13. The molecule has 7 heteroatoms. The highest BCUT2D eigenvalue weighted by atomic mass is 19.1. The molecule has 1 aromatic heterocycles. The Morgan fingerprint density at radius 3 is 2.69 bits per heavy atom. The highest BCUT2D eigenvalue weighted by Crippen LogP contribution is 2.17. The molecule has 84 valence electrons. The van der Waals surface area contributed by atoms with Crippen LogP contribution in [-0.4, -0.2) is 32.4 Å². The molecular formula is C9H7FN2O4. The number of pyridine rings is 1. The van der Waals surface area contributed by atoms with Gasteiger partial charge in [0.2, 0.25) is 0 Å². The molecule has 0 aromatic carbocycles. The van der Waals surface area contributed by atoms with Crippen LogP contribution in [0.4, 0.5) is 4.39 Å². The molecule has 0 bridgehead atoms. The highest BCUT2D eigenvalue weighted by Gasteiger charge is 2.22. The minimum atomic E-state index is -1.75. The van der Waals surface area contributed by atoms with Gasteiger partial charge in [-0.05, 0) is 6.07 Å². The Bertz CT molecular complexity index is 457. The Labute approximate surface area is 89.2 Å². The van der Waals surface area contributed by atoms with Crippen molar-refractivity contribution in [2.75, 3.05) is 0 Å². The molecule has 0 fully saturated rings. The molecule has 0 spiro atoms. The van der Waals surface area contributed by atoms with Crippen LogP contribution in [0.1, 0.15) is 22.2 Å². The SMILES string of the molecule is N#CC(O)C(O)c1cc(C(=O)O)c(F)cn1. The lowest BCUT2D eigenvalue weighted by molar-refractivity contribution is 0.0494. The number of carbonyl (C=O) groups is 1. The molecule has 16 heavy (non-hydrogen) atoms. The maximum absolute atomic E-state index is 12.9. The van der Waals surface area contributed by atoms with Crippen molar-refractivity contribution in [2.45, 2.75) is 12.2 Å². The van der Waals surface area contributed by atoms with Crippen LogP contribution in [0.3, 0.4) is 0 Å². The second-order valence-corrected chi connectivity index (χ2v) is 2.91. The van der Waals surface area contributed by atoms with Crippen LogP contribution in [0.5, 0.6) is 0 Å². The number of aliphatic hydroxyl groups is 2. The number of carboxylic acid groups (broad SMARTS) is 1. The average molecular weight is 226 g/mol. The zero-order chi connectivity index (χ0) is 12.3. The van der Waals surface area contributed by atoms with Gasteiger partial charge in [-0.15, -0.1) is 0 Å². The minimum Gasteiger partial charge on any atom is -0.478 e. The third-order valence-corrected chi connectivity index (χ3v) is 1.84. The highest BCUT2D eigenvalue weighted by molar-refractivity contribution is 5.87. The van der Waals surface area contributed by atoms with Gasteiger partial charge in [-0.1, -0.05) is 0 Å². The van der Waals surface area contributed by atoms with E-state index in [4.69, 9.17) is 15.5 Å².